The zero-order chi connectivity index (χ0) is 29.8. The predicted octanol–water partition coefficient (Wildman–Crippen LogP) is 10.2. The average molecular weight is 569 g/mol. The van der Waals surface area contributed by atoms with E-state index in [2.05, 4.69) is 104 Å². The second-order valence-electron chi connectivity index (χ2n) is 13.0. The van der Waals surface area contributed by atoms with Gasteiger partial charge in [-0.05, 0) is 110 Å². The zero-order valence-corrected chi connectivity index (χ0v) is 26.6. The summed E-state index contributed by atoms with van der Waals surface area (Å²) in [7, 11) is -1.24. The molecule has 3 nitrogen and oxygen atoms in total. The molecule has 4 heteroatoms. The van der Waals surface area contributed by atoms with Crippen molar-refractivity contribution in [2.45, 2.75) is 94.5 Å². The van der Waals surface area contributed by atoms with Crippen molar-refractivity contribution in [2.24, 2.45) is 0 Å². The normalized spacial score (nSPS) is 14.2. The molecule has 0 radical (unpaired) electrons. The molecular formula is C37H44O3S. The van der Waals surface area contributed by atoms with Crippen molar-refractivity contribution in [2.75, 3.05) is 0 Å². The SMILES string of the molecule is CCCC(C)(c1ccc(Oc2ccc(S(=O)c3ccc(C(C)(C)C)cc3)cc2)cc1)c1ccc(OC(C)(C)C)cc1. The molecule has 0 saturated heterocycles. The molecule has 0 aliphatic rings. The van der Waals surface area contributed by atoms with E-state index in [4.69, 9.17) is 9.47 Å². The van der Waals surface area contributed by atoms with Crippen molar-refractivity contribution >= 4 is 10.8 Å². The van der Waals surface area contributed by atoms with E-state index in [1.54, 1.807) is 0 Å². The van der Waals surface area contributed by atoms with Gasteiger partial charge in [0.05, 0.1) is 10.8 Å². The molecule has 216 valence electrons. The van der Waals surface area contributed by atoms with E-state index in [9.17, 15) is 4.21 Å². The molecule has 0 aromatic heterocycles. The monoisotopic (exact) mass is 568 g/mol. The van der Waals surface area contributed by atoms with Crippen molar-refractivity contribution in [1.29, 1.82) is 0 Å². The van der Waals surface area contributed by atoms with Crippen LogP contribution in [0.2, 0.25) is 0 Å². The summed E-state index contributed by atoms with van der Waals surface area (Å²) in [4.78, 5) is 1.55. The van der Waals surface area contributed by atoms with Crippen LogP contribution in [-0.4, -0.2) is 9.81 Å². The summed E-state index contributed by atoms with van der Waals surface area (Å²) in [6.07, 6.45) is 2.10. The van der Waals surface area contributed by atoms with E-state index in [1.165, 1.54) is 16.7 Å². The van der Waals surface area contributed by atoms with Crippen molar-refractivity contribution in [3.05, 3.63) is 114 Å². The molecule has 0 fully saturated rings. The Balaban J connectivity index is 1.46. The fraction of sp³-hybridized carbons (Fsp3) is 0.351. The van der Waals surface area contributed by atoms with Crippen LogP contribution in [0.15, 0.2) is 107 Å². The summed E-state index contributed by atoms with van der Waals surface area (Å²) < 4.78 is 25.3. The molecule has 4 aromatic carbocycles. The van der Waals surface area contributed by atoms with Gasteiger partial charge in [-0.1, -0.05) is 77.4 Å². The van der Waals surface area contributed by atoms with Gasteiger partial charge in [-0.2, -0.15) is 0 Å². The number of hydrogen-bond donors (Lipinski definition) is 0. The van der Waals surface area contributed by atoms with Crippen LogP contribution in [0.5, 0.6) is 17.2 Å². The smallest absolute Gasteiger partial charge is 0.127 e. The van der Waals surface area contributed by atoms with E-state index in [1.807, 2.05) is 48.5 Å². The lowest BCUT2D eigenvalue weighted by Gasteiger charge is -2.31. The molecule has 4 aromatic rings. The molecule has 0 spiro atoms. The number of rotatable bonds is 9. The second-order valence-corrected chi connectivity index (χ2v) is 14.4. The summed E-state index contributed by atoms with van der Waals surface area (Å²) in [5.74, 6) is 2.37. The Bertz CT molecular complexity index is 1440. The Labute approximate surface area is 249 Å². The minimum Gasteiger partial charge on any atom is -0.488 e. The van der Waals surface area contributed by atoms with Crippen molar-refractivity contribution in [1.82, 2.24) is 0 Å². The maximum absolute atomic E-state index is 13.1. The Hall–Kier alpha value is -3.37. The summed E-state index contributed by atoms with van der Waals surface area (Å²) >= 11 is 0. The molecule has 41 heavy (non-hydrogen) atoms. The van der Waals surface area contributed by atoms with Crippen molar-refractivity contribution in [3.63, 3.8) is 0 Å². The van der Waals surface area contributed by atoms with Gasteiger partial charge < -0.3 is 9.47 Å². The third-order valence-electron chi connectivity index (χ3n) is 7.36. The first-order valence-corrected chi connectivity index (χ1v) is 15.6. The van der Waals surface area contributed by atoms with E-state index >= 15 is 0 Å². The van der Waals surface area contributed by atoms with Gasteiger partial charge in [-0.3, -0.25) is 0 Å². The average Bonchev–Trinajstić information content (AvgIpc) is 2.93. The third-order valence-corrected chi connectivity index (χ3v) is 8.77. The summed E-state index contributed by atoms with van der Waals surface area (Å²) in [5, 5.41) is 0. The van der Waals surface area contributed by atoms with E-state index in [0.29, 0.717) is 5.75 Å². The number of hydrogen-bond acceptors (Lipinski definition) is 3. The Morgan fingerprint density at radius 1 is 0.561 bits per heavy atom. The van der Waals surface area contributed by atoms with Crippen LogP contribution < -0.4 is 9.47 Å². The largest absolute Gasteiger partial charge is 0.488 e. The van der Waals surface area contributed by atoms with Crippen LogP contribution in [0, 0.1) is 0 Å². The van der Waals surface area contributed by atoms with Crippen LogP contribution >= 0.6 is 0 Å². The van der Waals surface area contributed by atoms with Gasteiger partial charge in [0.25, 0.3) is 0 Å². The standard InChI is InChI=1S/C37H44O3S/c1-9-26-37(8,29-12-18-32(19-13-29)40-36(5,6)7)28-10-16-30(17-11-28)39-31-20-24-34(25-21-31)41(38)33-22-14-27(15-23-33)35(2,3)4/h10-25H,9,26H2,1-8H3. The molecule has 2 unspecified atom stereocenters. The first kappa shape index (κ1) is 30.6. The van der Waals surface area contributed by atoms with Crippen molar-refractivity contribution < 1.29 is 13.7 Å². The highest BCUT2D eigenvalue weighted by Crippen LogP contribution is 2.38. The zero-order valence-electron chi connectivity index (χ0n) is 25.8. The van der Waals surface area contributed by atoms with Crippen LogP contribution in [-0.2, 0) is 21.6 Å². The lowest BCUT2D eigenvalue weighted by Crippen LogP contribution is -2.24. The lowest BCUT2D eigenvalue weighted by molar-refractivity contribution is 0.131. The van der Waals surface area contributed by atoms with E-state index < -0.39 is 10.8 Å². The molecule has 4 rings (SSSR count). The topological polar surface area (TPSA) is 35.5 Å². The highest BCUT2D eigenvalue weighted by Gasteiger charge is 2.28. The van der Waals surface area contributed by atoms with Crippen LogP contribution in [0.3, 0.4) is 0 Å². The first-order chi connectivity index (χ1) is 19.3. The van der Waals surface area contributed by atoms with Crippen LogP contribution in [0.25, 0.3) is 0 Å². The van der Waals surface area contributed by atoms with Crippen LogP contribution in [0.4, 0.5) is 0 Å². The Kier molecular flexibility index (Phi) is 9.13. The summed E-state index contributed by atoms with van der Waals surface area (Å²) in [6, 6.07) is 32.5. The van der Waals surface area contributed by atoms with Gasteiger partial charge in [0.1, 0.15) is 22.8 Å². The van der Waals surface area contributed by atoms with Crippen LogP contribution in [0.1, 0.15) is 84.9 Å². The maximum Gasteiger partial charge on any atom is 0.127 e. The fourth-order valence-electron chi connectivity index (χ4n) is 5.07. The molecule has 0 saturated carbocycles. The molecule has 0 aliphatic heterocycles. The molecular weight excluding hydrogens is 524 g/mol. The third kappa shape index (κ3) is 7.68. The molecule has 0 N–H and O–H groups in total. The van der Waals surface area contributed by atoms with Gasteiger partial charge in [-0.15, -0.1) is 0 Å². The molecule has 0 heterocycles. The van der Waals surface area contributed by atoms with Gasteiger partial charge in [-0.25, -0.2) is 4.21 Å². The Morgan fingerprint density at radius 3 is 1.37 bits per heavy atom. The van der Waals surface area contributed by atoms with E-state index in [0.717, 1.165) is 34.1 Å². The summed E-state index contributed by atoms with van der Waals surface area (Å²) in [6.45, 7) is 17.3. The van der Waals surface area contributed by atoms with Gasteiger partial charge >= 0.3 is 0 Å². The fourth-order valence-corrected chi connectivity index (χ4v) is 6.11. The Morgan fingerprint density at radius 2 is 0.951 bits per heavy atom. The highest BCUT2D eigenvalue weighted by atomic mass is 32.2. The molecule has 0 amide bonds. The minimum absolute atomic E-state index is 0.0682. The molecule has 0 aliphatic carbocycles. The van der Waals surface area contributed by atoms with Gasteiger partial charge in [0.15, 0.2) is 0 Å². The number of benzene rings is 4. The quantitative estimate of drug-likeness (QED) is 0.201. The van der Waals surface area contributed by atoms with Crippen molar-refractivity contribution in [3.8, 4) is 17.2 Å². The second kappa shape index (κ2) is 12.2. The van der Waals surface area contributed by atoms with Gasteiger partial charge in [0.2, 0.25) is 0 Å². The summed E-state index contributed by atoms with van der Waals surface area (Å²) in [5.41, 5.74) is 3.47. The lowest BCUT2D eigenvalue weighted by atomic mass is 9.73. The highest BCUT2D eigenvalue weighted by molar-refractivity contribution is 7.85. The number of ether oxygens (including phenoxy) is 2. The predicted molar refractivity (Wildman–Crippen MR) is 171 cm³/mol. The first-order valence-electron chi connectivity index (χ1n) is 14.5. The van der Waals surface area contributed by atoms with Gasteiger partial charge in [0, 0.05) is 15.2 Å². The van der Waals surface area contributed by atoms with E-state index in [-0.39, 0.29) is 16.4 Å². The molecule has 0 bridgehead atoms. The molecule has 2 atom stereocenters. The maximum atomic E-state index is 13.1. The minimum atomic E-state index is -1.24.